The van der Waals surface area contributed by atoms with Crippen LogP contribution in [0.5, 0.6) is 11.5 Å². The van der Waals surface area contributed by atoms with Crippen LogP contribution in [0.3, 0.4) is 0 Å². The van der Waals surface area contributed by atoms with Crippen LogP contribution in [0.15, 0.2) is 77.3 Å². The van der Waals surface area contributed by atoms with Gasteiger partial charge in [-0.15, -0.1) is 0 Å². The molecule has 0 radical (unpaired) electrons. The summed E-state index contributed by atoms with van der Waals surface area (Å²) >= 11 is 3.46. The third-order valence-electron chi connectivity index (χ3n) is 7.82. The van der Waals surface area contributed by atoms with Crippen LogP contribution in [-0.4, -0.2) is 64.2 Å². The van der Waals surface area contributed by atoms with E-state index in [0.717, 1.165) is 58.3 Å². The summed E-state index contributed by atoms with van der Waals surface area (Å²) in [5.41, 5.74) is 1.94. The summed E-state index contributed by atoms with van der Waals surface area (Å²) in [6.45, 7) is -0.391. The van der Waals surface area contributed by atoms with Crippen LogP contribution in [0.1, 0.15) is 43.2 Å². The number of methoxy groups -OCH3 is 2. The molecule has 1 aliphatic carbocycles. The van der Waals surface area contributed by atoms with Crippen molar-refractivity contribution in [2.45, 2.75) is 57.2 Å². The predicted octanol–water partition coefficient (Wildman–Crippen LogP) is 5.32. The minimum absolute atomic E-state index is 0.0402. The molecule has 0 bridgehead atoms. The molecule has 9 nitrogen and oxygen atoms in total. The predicted molar refractivity (Wildman–Crippen MR) is 175 cm³/mol. The molecule has 0 aliphatic heterocycles. The van der Waals surface area contributed by atoms with Crippen molar-refractivity contribution in [2.24, 2.45) is 0 Å². The molecule has 0 aromatic heterocycles. The Balaban J connectivity index is 1.73. The Morgan fingerprint density at radius 2 is 1.57 bits per heavy atom. The van der Waals surface area contributed by atoms with Crippen molar-refractivity contribution in [3.8, 4) is 11.5 Å². The van der Waals surface area contributed by atoms with Crippen LogP contribution < -0.4 is 19.1 Å². The Bertz CT molecular complexity index is 1510. The highest BCUT2D eigenvalue weighted by molar-refractivity contribution is 9.10. The van der Waals surface area contributed by atoms with Gasteiger partial charge >= 0.3 is 0 Å². The maximum absolute atomic E-state index is 14.3. The van der Waals surface area contributed by atoms with Gasteiger partial charge in [0, 0.05) is 29.5 Å². The molecule has 1 atom stereocenters. The third kappa shape index (κ3) is 8.98. The first-order valence-corrected chi connectivity index (χ1v) is 17.3. The second-order valence-electron chi connectivity index (χ2n) is 11.0. The second-order valence-corrected chi connectivity index (χ2v) is 13.8. The van der Waals surface area contributed by atoms with E-state index in [2.05, 4.69) is 21.2 Å². The number of anilines is 1. The quantitative estimate of drug-likeness (QED) is 0.261. The van der Waals surface area contributed by atoms with Gasteiger partial charge in [-0.25, -0.2) is 8.42 Å². The third-order valence-corrected chi connectivity index (χ3v) is 9.49. The number of amides is 2. The first-order chi connectivity index (χ1) is 21.1. The zero-order valence-electron chi connectivity index (χ0n) is 25.4. The molecular weight excluding hydrogens is 646 g/mol. The van der Waals surface area contributed by atoms with Crippen molar-refractivity contribution < 1.29 is 27.5 Å². The zero-order chi connectivity index (χ0) is 31.7. The Hall–Kier alpha value is -3.57. The molecule has 236 valence electrons. The Morgan fingerprint density at radius 1 is 0.909 bits per heavy atom. The number of nitrogens with one attached hydrogen (secondary N) is 1. The molecule has 44 heavy (non-hydrogen) atoms. The summed E-state index contributed by atoms with van der Waals surface area (Å²) in [4.78, 5) is 29.9. The topological polar surface area (TPSA) is 105 Å². The summed E-state index contributed by atoms with van der Waals surface area (Å²) in [6.07, 6.45) is 6.35. The summed E-state index contributed by atoms with van der Waals surface area (Å²) < 4.78 is 38.8. The van der Waals surface area contributed by atoms with E-state index >= 15 is 0 Å². The van der Waals surface area contributed by atoms with Crippen LogP contribution in [0.25, 0.3) is 0 Å². The SMILES string of the molecule is COc1ccc(N(CC(=O)N(Cc2ccc(Br)cc2)C(Cc2ccccc2)C(=O)NC2CCCCC2)S(C)(=O)=O)cc1OC. The molecule has 0 saturated heterocycles. The molecule has 0 spiro atoms. The molecule has 1 saturated carbocycles. The first-order valence-electron chi connectivity index (χ1n) is 14.7. The lowest BCUT2D eigenvalue weighted by Gasteiger charge is -2.35. The molecule has 3 aromatic carbocycles. The van der Waals surface area contributed by atoms with Crippen LogP contribution in [0.2, 0.25) is 0 Å². The number of ether oxygens (including phenoxy) is 2. The maximum atomic E-state index is 14.3. The van der Waals surface area contributed by atoms with Crippen molar-refractivity contribution in [2.75, 3.05) is 31.3 Å². The number of carbonyl (C=O) groups is 2. The highest BCUT2D eigenvalue weighted by atomic mass is 79.9. The lowest BCUT2D eigenvalue weighted by Crippen LogP contribution is -2.55. The number of hydrogen-bond donors (Lipinski definition) is 1. The molecule has 1 fully saturated rings. The van der Waals surface area contributed by atoms with Gasteiger partial charge in [-0.3, -0.25) is 13.9 Å². The molecule has 0 heterocycles. The molecule has 1 N–H and O–H groups in total. The smallest absolute Gasteiger partial charge is 0.244 e. The minimum atomic E-state index is -3.91. The highest BCUT2D eigenvalue weighted by Gasteiger charge is 2.34. The van der Waals surface area contributed by atoms with Crippen LogP contribution in [0.4, 0.5) is 5.69 Å². The summed E-state index contributed by atoms with van der Waals surface area (Å²) in [7, 11) is -0.973. The molecular formula is C33H40BrN3O6S. The largest absolute Gasteiger partial charge is 0.493 e. The van der Waals surface area contributed by atoms with E-state index in [1.807, 2.05) is 54.6 Å². The fourth-order valence-electron chi connectivity index (χ4n) is 5.48. The van der Waals surface area contributed by atoms with Crippen molar-refractivity contribution in [1.29, 1.82) is 0 Å². The monoisotopic (exact) mass is 685 g/mol. The fourth-order valence-corrected chi connectivity index (χ4v) is 6.58. The van der Waals surface area contributed by atoms with Crippen molar-refractivity contribution in [3.05, 3.63) is 88.4 Å². The fraction of sp³-hybridized carbons (Fsp3) is 0.394. The van der Waals surface area contributed by atoms with E-state index in [4.69, 9.17) is 9.47 Å². The van der Waals surface area contributed by atoms with E-state index in [-0.39, 0.29) is 30.6 Å². The molecule has 2 amide bonds. The maximum Gasteiger partial charge on any atom is 0.244 e. The van der Waals surface area contributed by atoms with Gasteiger partial charge in [0.15, 0.2) is 11.5 Å². The van der Waals surface area contributed by atoms with Gasteiger partial charge in [0.25, 0.3) is 0 Å². The Morgan fingerprint density at radius 3 is 2.18 bits per heavy atom. The lowest BCUT2D eigenvalue weighted by molar-refractivity contribution is -0.140. The minimum Gasteiger partial charge on any atom is -0.493 e. The van der Waals surface area contributed by atoms with E-state index in [9.17, 15) is 18.0 Å². The Labute approximate surface area is 268 Å². The van der Waals surface area contributed by atoms with Gasteiger partial charge in [-0.1, -0.05) is 77.7 Å². The van der Waals surface area contributed by atoms with Crippen molar-refractivity contribution >= 4 is 43.5 Å². The first kappa shape index (κ1) is 33.3. The van der Waals surface area contributed by atoms with Gasteiger partial charge in [-0.05, 0) is 48.2 Å². The molecule has 1 aliphatic rings. The van der Waals surface area contributed by atoms with Crippen LogP contribution in [0, 0.1) is 0 Å². The molecule has 11 heteroatoms. The van der Waals surface area contributed by atoms with Gasteiger partial charge in [0.2, 0.25) is 21.8 Å². The summed E-state index contributed by atoms with van der Waals surface area (Å²) in [5.74, 6) is -0.00192. The highest BCUT2D eigenvalue weighted by Crippen LogP contribution is 2.32. The normalized spacial score (nSPS) is 14.4. The van der Waals surface area contributed by atoms with E-state index in [0.29, 0.717) is 11.5 Å². The number of benzene rings is 3. The molecule has 1 unspecified atom stereocenters. The second kappa shape index (κ2) is 15.4. The van der Waals surface area contributed by atoms with Gasteiger partial charge < -0.3 is 19.7 Å². The number of sulfonamides is 1. The number of nitrogens with zero attached hydrogens (tertiary/aromatic N) is 2. The average molecular weight is 687 g/mol. The van der Waals surface area contributed by atoms with Crippen LogP contribution >= 0.6 is 15.9 Å². The van der Waals surface area contributed by atoms with Crippen molar-refractivity contribution in [3.63, 3.8) is 0 Å². The van der Waals surface area contributed by atoms with Crippen molar-refractivity contribution in [1.82, 2.24) is 10.2 Å². The standard InChI is InChI=1S/C33H40BrN3O6S/c1-42-30-19-18-28(21-31(30)43-2)37(44(3,40)41)23-32(38)36(22-25-14-16-26(34)17-15-25)29(20-24-10-6-4-7-11-24)33(39)35-27-12-8-5-9-13-27/h4,6-7,10-11,14-19,21,27,29H,5,8-9,12-13,20,22-23H2,1-3H3,(H,35,39). The average Bonchev–Trinajstić information content (AvgIpc) is 3.02. The van der Waals surface area contributed by atoms with E-state index in [1.165, 1.54) is 25.2 Å². The molecule has 3 aromatic rings. The number of carbonyl (C=O) groups excluding carboxylic acids is 2. The van der Waals surface area contributed by atoms with Gasteiger partial charge in [0.05, 0.1) is 26.2 Å². The number of hydrogen-bond acceptors (Lipinski definition) is 6. The zero-order valence-corrected chi connectivity index (χ0v) is 27.8. The van der Waals surface area contributed by atoms with E-state index < -0.39 is 28.5 Å². The summed E-state index contributed by atoms with van der Waals surface area (Å²) in [5, 5.41) is 3.21. The van der Waals surface area contributed by atoms with Gasteiger partial charge in [0.1, 0.15) is 12.6 Å². The summed E-state index contributed by atoms with van der Waals surface area (Å²) in [6, 6.07) is 20.9. The van der Waals surface area contributed by atoms with E-state index in [1.54, 1.807) is 12.1 Å². The van der Waals surface area contributed by atoms with Crippen LogP contribution in [-0.2, 0) is 32.6 Å². The number of halogens is 1. The Kier molecular flexibility index (Phi) is 11.7. The van der Waals surface area contributed by atoms with Gasteiger partial charge in [-0.2, -0.15) is 0 Å². The lowest BCUT2D eigenvalue weighted by atomic mass is 9.94. The molecule has 4 rings (SSSR count). The number of rotatable bonds is 13.